The van der Waals surface area contributed by atoms with E-state index in [1.807, 2.05) is 24.4 Å². The minimum Gasteiger partial charge on any atom is -0.404 e. The number of hydrazine groups is 1. The van der Waals surface area contributed by atoms with Gasteiger partial charge in [0.05, 0.1) is 8.07 Å². The number of nitrogens with zero attached hydrogens (tertiary/aromatic N) is 1. The highest BCUT2D eigenvalue weighted by atomic mass is 28.3. The van der Waals surface area contributed by atoms with Gasteiger partial charge >= 0.3 is 0 Å². The first-order valence-corrected chi connectivity index (χ1v) is 9.42. The SMILES string of the molecule is C[Si](C)(C)/C(N)=C/N(N)CCc1ccccc1. The van der Waals surface area contributed by atoms with Gasteiger partial charge in [-0.2, -0.15) is 0 Å². The van der Waals surface area contributed by atoms with E-state index >= 15 is 0 Å². The lowest BCUT2D eigenvalue weighted by molar-refractivity contribution is 0.396. The summed E-state index contributed by atoms with van der Waals surface area (Å²) in [5.41, 5.74) is 7.32. The minimum absolute atomic E-state index is 0.787. The van der Waals surface area contributed by atoms with E-state index in [1.54, 1.807) is 5.01 Å². The Balaban J connectivity index is 2.48. The fourth-order valence-electron chi connectivity index (χ4n) is 1.34. The molecule has 0 spiro atoms. The average Bonchev–Trinajstić information content (AvgIpc) is 2.26. The molecule has 0 aliphatic heterocycles. The summed E-state index contributed by atoms with van der Waals surface area (Å²) in [6.07, 6.45) is 2.82. The lowest BCUT2D eigenvalue weighted by Crippen LogP contribution is -2.35. The van der Waals surface area contributed by atoms with Gasteiger partial charge < -0.3 is 10.7 Å². The molecule has 0 radical (unpaired) electrons. The molecule has 94 valence electrons. The van der Waals surface area contributed by atoms with Gasteiger partial charge in [0.15, 0.2) is 0 Å². The van der Waals surface area contributed by atoms with E-state index in [0.717, 1.165) is 18.3 Å². The molecule has 4 N–H and O–H groups in total. The van der Waals surface area contributed by atoms with Gasteiger partial charge in [-0.1, -0.05) is 50.0 Å². The van der Waals surface area contributed by atoms with Crippen molar-refractivity contribution in [3.05, 3.63) is 47.4 Å². The van der Waals surface area contributed by atoms with Crippen molar-refractivity contribution in [2.24, 2.45) is 11.6 Å². The molecule has 0 saturated carbocycles. The van der Waals surface area contributed by atoms with Gasteiger partial charge in [0.25, 0.3) is 0 Å². The fourth-order valence-corrected chi connectivity index (χ4v) is 1.89. The first-order chi connectivity index (χ1) is 7.89. The normalized spacial score (nSPS) is 12.6. The lowest BCUT2D eigenvalue weighted by atomic mass is 10.1. The molecule has 0 heterocycles. The van der Waals surface area contributed by atoms with E-state index in [2.05, 4.69) is 31.8 Å². The van der Waals surface area contributed by atoms with Gasteiger partial charge in [0.1, 0.15) is 0 Å². The van der Waals surface area contributed by atoms with Crippen molar-refractivity contribution in [1.29, 1.82) is 0 Å². The predicted octanol–water partition coefficient (Wildman–Crippen LogP) is 2.08. The zero-order valence-electron chi connectivity index (χ0n) is 11.0. The van der Waals surface area contributed by atoms with Gasteiger partial charge in [-0.25, -0.2) is 5.84 Å². The molecular formula is C13H23N3Si. The van der Waals surface area contributed by atoms with Crippen molar-refractivity contribution in [1.82, 2.24) is 5.01 Å². The van der Waals surface area contributed by atoms with E-state index < -0.39 is 8.07 Å². The van der Waals surface area contributed by atoms with Gasteiger partial charge in [0, 0.05) is 18.1 Å². The van der Waals surface area contributed by atoms with Crippen LogP contribution < -0.4 is 11.6 Å². The average molecular weight is 249 g/mol. The maximum absolute atomic E-state index is 6.02. The van der Waals surface area contributed by atoms with E-state index in [4.69, 9.17) is 11.6 Å². The molecular weight excluding hydrogens is 226 g/mol. The Morgan fingerprint density at radius 3 is 2.35 bits per heavy atom. The highest BCUT2D eigenvalue weighted by molar-refractivity contribution is 6.82. The van der Waals surface area contributed by atoms with Crippen molar-refractivity contribution < 1.29 is 0 Å². The third-order valence-electron chi connectivity index (χ3n) is 2.67. The molecule has 4 heteroatoms. The van der Waals surface area contributed by atoms with E-state index in [-0.39, 0.29) is 0 Å². The second-order valence-electron chi connectivity index (χ2n) is 5.31. The van der Waals surface area contributed by atoms with Crippen LogP contribution in [0, 0.1) is 0 Å². The van der Waals surface area contributed by atoms with Crippen LogP contribution in [0.1, 0.15) is 5.56 Å². The third-order valence-corrected chi connectivity index (χ3v) is 4.53. The lowest BCUT2D eigenvalue weighted by Gasteiger charge is -2.21. The molecule has 1 aromatic rings. The van der Waals surface area contributed by atoms with Crippen LogP contribution in [0.4, 0.5) is 0 Å². The van der Waals surface area contributed by atoms with Crippen molar-refractivity contribution in [3.8, 4) is 0 Å². The number of rotatable bonds is 5. The van der Waals surface area contributed by atoms with E-state index in [9.17, 15) is 0 Å². The molecule has 0 fully saturated rings. The summed E-state index contributed by atoms with van der Waals surface area (Å²) in [5, 5.41) is 2.63. The van der Waals surface area contributed by atoms with Crippen LogP contribution in [0.25, 0.3) is 0 Å². The summed E-state index contributed by atoms with van der Waals surface area (Å²) in [4.78, 5) is 0. The van der Waals surface area contributed by atoms with Crippen LogP contribution in [0.15, 0.2) is 41.9 Å². The summed E-state index contributed by atoms with van der Waals surface area (Å²) < 4.78 is 0. The Labute approximate surface area is 105 Å². The summed E-state index contributed by atoms with van der Waals surface area (Å²) in [7, 11) is -1.41. The first-order valence-electron chi connectivity index (χ1n) is 5.92. The van der Waals surface area contributed by atoms with Crippen molar-refractivity contribution in [3.63, 3.8) is 0 Å². The Morgan fingerprint density at radius 1 is 1.24 bits per heavy atom. The van der Waals surface area contributed by atoms with Crippen molar-refractivity contribution in [2.45, 2.75) is 26.1 Å². The number of benzene rings is 1. The van der Waals surface area contributed by atoms with Crippen LogP contribution in [-0.2, 0) is 6.42 Å². The molecule has 3 nitrogen and oxygen atoms in total. The second kappa shape index (κ2) is 5.89. The third kappa shape index (κ3) is 5.06. The summed E-state index contributed by atoms with van der Waals surface area (Å²) in [6, 6.07) is 10.3. The molecule has 0 bridgehead atoms. The molecule has 0 saturated heterocycles. The number of nitrogens with two attached hydrogens (primary N) is 2. The molecule has 1 aromatic carbocycles. The molecule has 17 heavy (non-hydrogen) atoms. The van der Waals surface area contributed by atoms with Crippen LogP contribution in [-0.4, -0.2) is 19.6 Å². The van der Waals surface area contributed by atoms with Gasteiger partial charge in [-0.3, -0.25) is 0 Å². The molecule has 1 rings (SSSR count). The molecule has 0 atom stereocenters. The summed E-state index contributed by atoms with van der Waals surface area (Å²) in [5.74, 6) is 5.92. The monoisotopic (exact) mass is 249 g/mol. The standard InChI is InChI=1S/C13H23N3Si/c1-17(2,3)13(14)11-16(15)10-9-12-7-5-4-6-8-12/h4-8,11H,9-10,14-15H2,1-3H3/b13-11+. The topological polar surface area (TPSA) is 55.3 Å². The molecule has 0 amide bonds. The second-order valence-corrected chi connectivity index (χ2v) is 10.4. The minimum atomic E-state index is -1.41. The van der Waals surface area contributed by atoms with Crippen LogP contribution in [0.3, 0.4) is 0 Å². The summed E-state index contributed by atoms with van der Waals surface area (Å²) in [6.45, 7) is 7.42. The summed E-state index contributed by atoms with van der Waals surface area (Å²) >= 11 is 0. The Kier molecular flexibility index (Phi) is 4.78. The van der Waals surface area contributed by atoms with Gasteiger partial charge in [0.2, 0.25) is 0 Å². The zero-order chi connectivity index (χ0) is 12.9. The van der Waals surface area contributed by atoms with Crippen LogP contribution >= 0.6 is 0 Å². The highest BCUT2D eigenvalue weighted by Crippen LogP contribution is 2.09. The van der Waals surface area contributed by atoms with E-state index in [1.165, 1.54) is 5.56 Å². The van der Waals surface area contributed by atoms with Crippen LogP contribution in [0.5, 0.6) is 0 Å². The smallest absolute Gasteiger partial charge is 0.0994 e. The quantitative estimate of drug-likeness (QED) is 0.477. The Bertz CT molecular complexity index is 368. The van der Waals surface area contributed by atoms with Crippen molar-refractivity contribution >= 4 is 8.07 Å². The largest absolute Gasteiger partial charge is 0.404 e. The van der Waals surface area contributed by atoms with Crippen LogP contribution in [0.2, 0.25) is 19.6 Å². The molecule has 0 aromatic heterocycles. The van der Waals surface area contributed by atoms with Gasteiger partial charge in [-0.05, 0) is 12.0 Å². The highest BCUT2D eigenvalue weighted by Gasteiger charge is 2.17. The maximum Gasteiger partial charge on any atom is 0.0994 e. The maximum atomic E-state index is 6.02. The fraction of sp³-hybridized carbons (Fsp3) is 0.385. The molecule has 0 unspecified atom stereocenters. The number of hydrogen-bond donors (Lipinski definition) is 2. The number of hydrogen-bond acceptors (Lipinski definition) is 3. The predicted molar refractivity (Wildman–Crippen MR) is 76.7 cm³/mol. The van der Waals surface area contributed by atoms with Crippen molar-refractivity contribution in [2.75, 3.05) is 6.54 Å². The Hall–Kier alpha value is -1.26. The zero-order valence-corrected chi connectivity index (χ0v) is 12.0. The van der Waals surface area contributed by atoms with E-state index in [0.29, 0.717) is 0 Å². The molecule has 0 aliphatic carbocycles. The first kappa shape index (κ1) is 13.8. The Morgan fingerprint density at radius 2 is 1.82 bits per heavy atom. The van der Waals surface area contributed by atoms with Gasteiger partial charge in [-0.15, -0.1) is 0 Å². The molecule has 0 aliphatic rings.